The molecule has 1 fully saturated rings. The summed E-state index contributed by atoms with van der Waals surface area (Å²) in [5.74, 6) is -0.266. The lowest BCUT2D eigenvalue weighted by molar-refractivity contribution is -0.137. The highest BCUT2D eigenvalue weighted by Crippen LogP contribution is 2.30. The molecule has 10 heteroatoms. The Morgan fingerprint density at radius 2 is 1.68 bits per heavy atom. The highest BCUT2D eigenvalue weighted by atomic mass is 79.9. The molecule has 0 spiro atoms. The summed E-state index contributed by atoms with van der Waals surface area (Å²) < 4.78 is 40.1. The monoisotopic (exact) mass is 612 g/mol. The van der Waals surface area contributed by atoms with Gasteiger partial charge in [0.15, 0.2) is 0 Å². The van der Waals surface area contributed by atoms with Gasteiger partial charge in [-0.05, 0) is 72.9 Å². The minimum absolute atomic E-state index is 0.0269. The van der Waals surface area contributed by atoms with Gasteiger partial charge in [-0.3, -0.25) is 4.79 Å². The number of H-pyrrole nitrogens is 1. The van der Waals surface area contributed by atoms with Gasteiger partial charge in [0.1, 0.15) is 6.54 Å². The predicted octanol–water partition coefficient (Wildman–Crippen LogP) is 7.22. The van der Waals surface area contributed by atoms with Crippen LogP contribution in [-0.4, -0.2) is 45.9 Å². The van der Waals surface area contributed by atoms with Crippen molar-refractivity contribution in [1.82, 2.24) is 14.8 Å². The maximum Gasteiger partial charge on any atom is 0.416 e. The number of carbonyl (C=O) groups excluding carboxylic acids is 2. The van der Waals surface area contributed by atoms with Crippen LogP contribution in [0, 0.1) is 0 Å². The summed E-state index contributed by atoms with van der Waals surface area (Å²) in [7, 11) is 0. The van der Waals surface area contributed by atoms with E-state index in [1.165, 1.54) is 12.1 Å². The molecule has 40 heavy (non-hydrogen) atoms. The van der Waals surface area contributed by atoms with Gasteiger partial charge in [-0.1, -0.05) is 46.3 Å². The van der Waals surface area contributed by atoms with Gasteiger partial charge in [-0.15, -0.1) is 0 Å². The second kappa shape index (κ2) is 11.8. The van der Waals surface area contributed by atoms with Gasteiger partial charge >= 0.3 is 12.2 Å². The van der Waals surface area contributed by atoms with Crippen LogP contribution in [0.2, 0.25) is 0 Å². The number of fused-ring (bicyclic) bond motifs is 1. The number of alkyl halides is 3. The number of benzene rings is 3. The Morgan fingerprint density at radius 3 is 2.35 bits per heavy atom. The quantitative estimate of drug-likeness (QED) is 0.210. The number of halogens is 4. The largest absolute Gasteiger partial charge is 0.416 e. The first-order valence-electron chi connectivity index (χ1n) is 13.0. The van der Waals surface area contributed by atoms with Crippen LogP contribution >= 0.6 is 15.9 Å². The molecule has 0 aliphatic heterocycles. The predicted molar refractivity (Wildman–Crippen MR) is 152 cm³/mol. The average molecular weight is 613 g/mol. The molecule has 5 rings (SSSR count). The minimum atomic E-state index is -4.43. The van der Waals surface area contributed by atoms with Gasteiger partial charge in [0.2, 0.25) is 5.91 Å². The van der Waals surface area contributed by atoms with E-state index in [4.69, 9.17) is 0 Å². The van der Waals surface area contributed by atoms with E-state index in [0.717, 1.165) is 45.9 Å². The van der Waals surface area contributed by atoms with Crippen molar-refractivity contribution in [1.29, 1.82) is 0 Å². The minimum Gasteiger partial charge on any atom is -0.361 e. The van der Waals surface area contributed by atoms with Gasteiger partial charge in [0.25, 0.3) is 0 Å². The van der Waals surface area contributed by atoms with Crippen molar-refractivity contribution in [3.8, 4) is 0 Å². The van der Waals surface area contributed by atoms with Crippen molar-refractivity contribution >= 4 is 44.5 Å². The molecular weight excluding hydrogens is 585 g/mol. The number of anilines is 1. The van der Waals surface area contributed by atoms with Crippen molar-refractivity contribution in [2.45, 2.75) is 38.0 Å². The second-order valence-electron chi connectivity index (χ2n) is 9.92. The number of rotatable bonds is 9. The summed E-state index contributed by atoms with van der Waals surface area (Å²) in [4.78, 5) is 33.2. The van der Waals surface area contributed by atoms with Crippen LogP contribution in [0.1, 0.15) is 29.5 Å². The molecule has 3 aromatic carbocycles. The average Bonchev–Trinajstić information content (AvgIpc) is 3.69. The lowest BCUT2D eigenvalue weighted by Gasteiger charge is -2.28. The second-order valence-corrected chi connectivity index (χ2v) is 10.8. The van der Waals surface area contributed by atoms with Crippen LogP contribution in [0.15, 0.2) is 83.5 Å². The first-order valence-corrected chi connectivity index (χ1v) is 13.8. The first kappa shape index (κ1) is 27.8. The molecule has 0 unspecified atom stereocenters. The molecule has 3 amide bonds. The zero-order valence-electron chi connectivity index (χ0n) is 21.5. The zero-order chi connectivity index (χ0) is 28.3. The maximum absolute atomic E-state index is 13.7. The zero-order valence-corrected chi connectivity index (χ0v) is 23.1. The molecule has 1 aromatic heterocycles. The van der Waals surface area contributed by atoms with Gasteiger partial charge < -0.3 is 20.1 Å². The molecule has 2 N–H and O–H groups in total. The molecule has 1 heterocycles. The van der Waals surface area contributed by atoms with E-state index in [1.54, 1.807) is 21.9 Å². The summed E-state index contributed by atoms with van der Waals surface area (Å²) >= 11 is 3.37. The fourth-order valence-electron chi connectivity index (χ4n) is 4.63. The number of amides is 3. The van der Waals surface area contributed by atoms with Crippen LogP contribution in [-0.2, 0) is 23.9 Å². The Kier molecular flexibility index (Phi) is 8.16. The standard InChI is InChI=1S/C30H28BrF3N4O2/c31-23-9-11-24(12-10-23)36-29(40)38(25-13-14-25)19-28(39)37(18-20-5-7-22(8-6-20)30(32,33)34)16-15-21-17-35-27-4-2-1-3-26(21)27/h1-12,17,25,35H,13-16,18-19H2,(H,36,40). The van der Waals surface area contributed by atoms with E-state index in [1.807, 2.05) is 42.6 Å². The molecule has 0 radical (unpaired) electrons. The van der Waals surface area contributed by atoms with Gasteiger partial charge in [0, 0.05) is 46.4 Å². The van der Waals surface area contributed by atoms with Crippen LogP contribution < -0.4 is 5.32 Å². The smallest absolute Gasteiger partial charge is 0.361 e. The van der Waals surface area contributed by atoms with Gasteiger partial charge in [-0.25, -0.2) is 4.79 Å². The number of nitrogens with zero attached hydrogens (tertiary/aromatic N) is 2. The van der Waals surface area contributed by atoms with Crippen LogP contribution in [0.4, 0.5) is 23.7 Å². The SMILES string of the molecule is O=C(CN(C(=O)Nc1ccc(Br)cc1)C1CC1)N(CCc1c[nH]c2ccccc12)Cc1ccc(C(F)(F)F)cc1. The molecule has 1 aliphatic carbocycles. The summed E-state index contributed by atoms with van der Waals surface area (Å²) in [6.07, 6.45) is -0.348. The summed E-state index contributed by atoms with van der Waals surface area (Å²) in [5.41, 5.74) is 2.48. The van der Waals surface area contributed by atoms with Crippen molar-refractivity contribution in [2.24, 2.45) is 0 Å². The van der Waals surface area contributed by atoms with Gasteiger partial charge in [-0.2, -0.15) is 13.2 Å². The van der Waals surface area contributed by atoms with Crippen LogP contribution in [0.5, 0.6) is 0 Å². The van der Waals surface area contributed by atoms with E-state index in [-0.39, 0.29) is 31.1 Å². The third-order valence-corrected chi connectivity index (χ3v) is 7.51. The molecule has 0 atom stereocenters. The number of para-hydroxylation sites is 1. The Hall–Kier alpha value is -3.79. The topological polar surface area (TPSA) is 68.4 Å². The molecular formula is C30H28BrF3N4O2. The van der Waals surface area contributed by atoms with Crippen molar-refractivity contribution < 1.29 is 22.8 Å². The number of aromatic amines is 1. The third-order valence-electron chi connectivity index (χ3n) is 6.98. The molecule has 0 saturated heterocycles. The highest BCUT2D eigenvalue weighted by molar-refractivity contribution is 9.10. The number of hydrogen-bond acceptors (Lipinski definition) is 2. The third kappa shape index (κ3) is 6.85. The lowest BCUT2D eigenvalue weighted by atomic mass is 10.1. The number of carbonyl (C=O) groups is 2. The fraction of sp³-hybridized carbons (Fsp3) is 0.267. The van der Waals surface area contributed by atoms with E-state index >= 15 is 0 Å². The van der Waals surface area contributed by atoms with E-state index in [0.29, 0.717) is 24.2 Å². The highest BCUT2D eigenvalue weighted by Gasteiger charge is 2.35. The molecule has 0 bridgehead atoms. The lowest BCUT2D eigenvalue weighted by Crippen LogP contribution is -2.45. The van der Waals surface area contributed by atoms with E-state index in [2.05, 4.69) is 26.2 Å². The molecule has 4 aromatic rings. The normalized spacial score (nSPS) is 13.3. The van der Waals surface area contributed by atoms with Crippen molar-refractivity contribution in [2.75, 3.05) is 18.4 Å². The molecule has 1 aliphatic rings. The summed E-state index contributed by atoms with van der Waals surface area (Å²) in [6.45, 7) is 0.349. The Labute approximate surface area is 238 Å². The van der Waals surface area contributed by atoms with E-state index in [9.17, 15) is 22.8 Å². The van der Waals surface area contributed by atoms with Gasteiger partial charge in [0.05, 0.1) is 5.56 Å². The maximum atomic E-state index is 13.7. The number of aromatic nitrogens is 1. The molecule has 6 nitrogen and oxygen atoms in total. The number of urea groups is 1. The Bertz CT molecular complexity index is 1480. The number of nitrogens with one attached hydrogen (secondary N) is 2. The Morgan fingerprint density at radius 1 is 0.975 bits per heavy atom. The number of hydrogen-bond donors (Lipinski definition) is 2. The van der Waals surface area contributed by atoms with E-state index < -0.39 is 11.7 Å². The molecule has 208 valence electrons. The summed E-state index contributed by atoms with van der Waals surface area (Å²) in [5, 5.41) is 3.92. The van der Waals surface area contributed by atoms with Crippen molar-refractivity contribution in [3.63, 3.8) is 0 Å². The first-order chi connectivity index (χ1) is 19.2. The van der Waals surface area contributed by atoms with Crippen molar-refractivity contribution in [3.05, 3.63) is 100 Å². The summed E-state index contributed by atoms with van der Waals surface area (Å²) in [6, 6.07) is 19.5. The van der Waals surface area contributed by atoms with Crippen LogP contribution in [0.25, 0.3) is 10.9 Å². The van der Waals surface area contributed by atoms with Crippen LogP contribution in [0.3, 0.4) is 0 Å². The fourth-order valence-corrected chi connectivity index (χ4v) is 4.90. The Balaban J connectivity index is 1.33. The molecule has 1 saturated carbocycles.